The fourth-order valence-corrected chi connectivity index (χ4v) is 2.08. The van der Waals surface area contributed by atoms with Gasteiger partial charge in [-0.1, -0.05) is 47.5 Å². The van der Waals surface area contributed by atoms with Gasteiger partial charge in [-0.3, -0.25) is 25.8 Å². The van der Waals surface area contributed by atoms with Gasteiger partial charge in [-0.2, -0.15) is 0 Å². The molecule has 0 bridgehead atoms. The molecule has 2 rings (SSSR count). The highest BCUT2D eigenvalue weighted by molar-refractivity contribution is 7.80. The minimum atomic E-state index is -0.386. The Morgan fingerprint density at radius 3 is 2.04 bits per heavy atom. The summed E-state index contributed by atoms with van der Waals surface area (Å²) in [6.07, 6.45) is 3.06. The molecule has 6 heteroatoms. The van der Waals surface area contributed by atoms with Gasteiger partial charge >= 0.3 is 0 Å². The van der Waals surface area contributed by atoms with E-state index in [4.69, 9.17) is 12.2 Å². The molecule has 0 aliphatic carbocycles. The number of thiocarbonyl (C=S) groups is 1. The third-order valence-corrected chi connectivity index (χ3v) is 3.55. The number of aryl methyl sites for hydroxylation is 2. The minimum absolute atomic E-state index is 0.0130. The van der Waals surface area contributed by atoms with Crippen molar-refractivity contribution in [2.75, 3.05) is 0 Å². The van der Waals surface area contributed by atoms with Crippen molar-refractivity contribution in [3.63, 3.8) is 0 Å². The van der Waals surface area contributed by atoms with E-state index in [0.29, 0.717) is 5.56 Å². The fraction of sp³-hybridized carbons (Fsp3) is 0.105. The van der Waals surface area contributed by atoms with Crippen molar-refractivity contribution in [3.8, 4) is 0 Å². The first-order chi connectivity index (χ1) is 11.9. The molecule has 5 nitrogen and oxygen atoms in total. The molecule has 0 aliphatic rings. The van der Waals surface area contributed by atoms with Crippen LogP contribution in [-0.4, -0.2) is 16.9 Å². The number of carbonyl (C=O) groups is 2. The van der Waals surface area contributed by atoms with Gasteiger partial charge in [-0.05, 0) is 49.8 Å². The molecule has 0 radical (unpaired) electrons. The molecule has 0 saturated heterocycles. The Morgan fingerprint density at radius 1 is 0.880 bits per heavy atom. The van der Waals surface area contributed by atoms with E-state index in [1.54, 1.807) is 18.2 Å². The zero-order valence-corrected chi connectivity index (χ0v) is 14.8. The quantitative estimate of drug-likeness (QED) is 0.451. The van der Waals surface area contributed by atoms with Crippen molar-refractivity contribution < 1.29 is 9.59 Å². The monoisotopic (exact) mass is 353 g/mol. The lowest BCUT2D eigenvalue weighted by atomic mass is 10.1. The van der Waals surface area contributed by atoms with Gasteiger partial charge in [0.25, 0.3) is 5.91 Å². The normalized spacial score (nSPS) is 10.3. The first-order valence-electron chi connectivity index (χ1n) is 7.67. The molecule has 2 aromatic carbocycles. The summed E-state index contributed by atoms with van der Waals surface area (Å²) in [7, 11) is 0. The van der Waals surface area contributed by atoms with E-state index in [1.165, 1.54) is 6.08 Å². The van der Waals surface area contributed by atoms with E-state index in [0.717, 1.165) is 16.7 Å². The van der Waals surface area contributed by atoms with Gasteiger partial charge in [0.2, 0.25) is 5.91 Å². The molecule has 2 aromatic rings. The zero-order valence-electron chi connectivity index (χ0n) is 14.0. The Balaban J connectivity index is 1.79. The van der Waals surface area contributed by atoms with Gasteiger partial charge in [0, 0.05) is 11.6 Å². The van der Waals surface area contributed by atoms with E-state index in [-0.39, 0.29) is 16.9 Å². The molecular formula is C19H19N3O2S. The second kappa shape index (κ2) is 8.75. The molecular weight excluding hydrogens is 334 g/mol. The van der Waals surface area contributed by atoms with E-state index < -0.39 is 0 Å². The molecule has 25 heavy (non-hydrogen) atoms. The number of hydrogen-bond acceptors (Lipinski definition) is 3. The van der Waals surface area contributed by atoms with Crippen LogP contribution in [0, 0.1) is 13.8 Å². The maximum atomic E-state index is 11.9. The minimum Gasteiger partial charge on any atom is -0.298 e. The van der Waals surface area contributed by atoms with Crippen LogP contribution in [0.3, 0.4) is 0 Å². The van der Waals surface area contributed by atoms with Crippen LogP contribution < -0.4 is 16.2 Å². The maximum absolute atomic E-state index is 11.9. The second-order valence-corrected chi connectivity index (χ2v) is 5.92. The summed E-state index contributed by atoms with van der Waals surface area (Å²) < 4.78 is 0. The molecule has 2 amide bonds. The van der Waals surface area contributed by atoms with Crippen molar-refractivity contribution in [1.29, 1.82) is 0 Å². The van der Waals surface area contributed by atoms with Gasteiger partial charge in [0.05, 0.1) is 0 Å². The number of amides is 2. The third-order valence-electron chi connectivity index (χ3n) is 3.34. The average molecular weight is 353 g/mol. The summed E-state index contributed by atoms with van der Waals surface area (Å²) in [6.45, 7) is 3.93. The van der Waals surface area contributed by atoms with Crippen LogP contribution in [0.1, 0.15) is 27.0 Å². The number of rotatable bonds is 3. The predicted molar refractivity (Wildman–Crippen MR) is 103 cm³/mol. The van der Waals surface area contributed by atoms with E-state index in [9.17, 15) is 9.59 Å². The Hall–Kier alpha value is -2.99. The molecule has 128 valence electrons. The molecule has 0 saturated carbocycles. The summed E-state index contributed by atoms with van der Waals surface area (Å²) in [5.74, 6) is -0.727. The molecule has 0 spiro atoms. The summed E-state index contributed by atoms with van der Waals surface area (Å²) in [4.78, 5) is 23.7. The third kappa shape index (κ3) is 6.19. The molecule has 0 heterocycles. The van der Waals surface area contributed by atoms with Crippen LogP contribution in [0.15, 0.2) is 54.6 Å². The van der Waals surface area contributed by atoms with Gasteiger partial charge < -0.3 is 0 Å². The standard InChI is InChI=1S/C19H19N3O2S/c1-13-3-7-15(8-4-13)9-12-17(23)20-19(25)22-21-18(24)16-10-5-14(2)6-11-16/h3-12H,1-2H3,(H,21,24)(H2,20,22,23,25)/b12-9+. The molecule has 0 fully saturated rings. The summed E-state index contributed by atoms with van der Waals surface area (Å²) in [5.41, 5.74) is 8.55. The SMILES string of the molecule is Cc1ccc(/C=C/C(=O)NC(=S)NNC(=O)c2ccc(C)cc2)cc1. The Kier molecular flexibility index (Phi) is 6.42. The van der Waals surface area contributed by atoms with Crippen molar-refractivity contribution >= 4 is 35.2 Å². The van der Waals surface area contributed by atoms with Gasteiger partial charge in [-0.15, -0.1) is 0 Å². The van der Waals surface area contributed by atoms with Crippen LogP contribution in [0.4, 0.5) is 0 Å². The van der Waals surface area contributed by atoms with Crippen LogP contribution in [0.5, 0.6) is 0 Å². The van der Waals surface area contributed by atoms with Crippen LogP contribution in [0.2, 0.25) is 0 Å². The lowest BCUT2D eigenvalue weighted by Crippen LogP contribution is -2.48. The van der Waals surface area contributed by atoms with E-state index in [2.05, 4.69) is 16.2 Å². The Morgan fingerprint density at radius 2 is 1.44 bits per heavy atom. The first kappa shape index (κ1) is 18.4. The molecule has 0 aliphatic heterocycles. The van der Waals surface area contributed by atoms with Gasteiger partial charge in [-0.25, -0.2) is 0 Å². The van der Waals surface area contributed by atoms with Crippen LogP contribution in [0.25, 0.3) is 6.08 Å². The van der Waals surface area contributed by atoms with Crippen molar-refractivity contribution in [3.05, 3.63) is 76.9 Å². The molecule has 0 aromatic heterocycles. The largest absolute Gasteiger partial charge is 0.298 e. The Bertz CT molecular complexity index is 796. The maximum Gasteiger partial charge on any atom is 0.269 e. The Labute approximate surface area is 152 Å². The van der Waals surface area contributed by atoms with E-state index >= 15 is 0 Å². The number of benzene rings is 2. The van der Waals surface area contributed by atoms with Crippen LogP contribution >= 0.6 is 12.2 Å². The lowest BCUT2D eigenvalue weighted by molar-refractivity contribution is -0.115. The van der Waals surface area contributed by atoms with E-state index in [1.807, 2.05) is 50.2 Å². The summed E-state index contributed by atoms with van der Waals surface area (Å²) in [6, 6.07) is 14.8. The smallest absolute Gasteiger partial charge is 0.269 e. The molecule has 3 N–H and O–H groups in total. The van der Waals surface area contributed by atoms with Gasteiger partial charge in [0.15, 0.2) is 5.11 Å². The van der Waals surface area contributed by atoms with Crippen LogP contribution in [-0.2, 0) is 4.79 Å². The highest BCUT2D eigenvalue weighted by atomic mass is 32.1. The fourth-order valence-electron chi connectivity index (χ4n) is 1.92. The number of hydrogen-bond donors (Lipinski definition) is 3. The van der Waals surface area contributed by atoms with Crippen molar-refractivity contribution in [2.45, 2.75) is 13.8 Å². The highest BCUT2D eigenvalue weighted by Gasteiger charge is 2.06. The summed E-state index contributed by atoms with van der Waals surface area (Å²) >= 11 is 4.98. The molecule has 0 atom stereocenters. The average Bonchev–Trinajstić information content (AvgIpc) is 2.60. The van der Waals surface area contributed by atoms with Crippen molar-refractivity contribution in [1.82, 2.24) is 16.2 Å². The predicted octanol–water partition coefficient (Wildman–Crippen LogP) is 2.65. The topological polar surface area (TPSA) is 70.2 Å². The second-order valence-electron chi connectivity index (χ2n) is 5.51. The highest BCUT2D eigenvalue weighted by Crippen LogP contribution is 2.04. The number of nitrogens with one attached hydrogen (secondary N) is 3. The lowest BCUT2D eigenvalue weighted by Gasteiger charge is -2.09. The molecule has 0 unspecified atom stereocenters. The number of hydrazine groups is 1. The summed E-state index contributed by atoms with van der Waals surface area (Å²) in [5, 5.41) is 2.47. The van der Waals surface area contributed by atoms with Crippen molar-refractivity contribution in [2.24, 2.45) is 0 Å². The zero-order chi connectivity index (χ0) is 18.2. The number of carbonyl (C=O) groups excluding carboxylic acids is 2. The van der Waals surface area contributed by atoms with Gasteiger partial charge in [0.1, 0.15) is 0 Å². The first-order valence-corrected chi connectivity index (χ1v) is 8.07.